The standard InChI is InChI=1S/C21H25N3O2.C8H9NO4S/c1-14-21(17-7-10-19(25-3)20(13-17)26-4)15(2)24(23-14)18-8-5-16(6-9-18)11-12-22;1-6-2-4-7(5-3-6)14(12,13)9-8(10)11/h5-10,13H,11-12,22H2,1-4H3;2-5,9H,1H3,(H,10,11). The summed E-state index contributed by atoms with van der Waals surface area (Å²) >= 11 is 0. The van der Waals surface area contributed by atoms with Gasteiger partial charge < -0.3 is 25.1 Å². The SMILES string of the molecule is COc1ccc(-c2c(C)nn(-c3ccc(CC[NH3+])cc3)c2C)cc1OC.Cc1ccc(S(=O)(=O)NC(=O)[O-])cc1. The molecule has 1 aromatic heterocycles. The van der Waals surface area contributed by atoms with Crippen molar-refractivity contribution >= 4 is 16.1 Å². The van der Waals surface area contributed by atoms with Crippen LogP contribution < -0.4 is 25.0 Å². The molecule has 0 saturated carbocycles. The first-order valence-electron chi connectivity index (χ1n) is 12.5. The van der Waals surface area contributed by atoms with Gasteiger partial charge in [-0.2, -0.15) is 5.10 Å². The van der Waals surface area contributed by atoms with E-state index in [0.29, 0.717) is 5.75 Å². The highest BCUT2D eigenvalue weighted by molar-refractivity contribution is 7.90. The van der Waals surface area contributed by atoms with E-state index in [-0.39, 0.29) is 4.90 Å². The van der Waals surface area contributed by atoms with Gasteiger partial charge in [-0.25, -0.2) is 13.1 Å². The Morgan fingerprint density at radius 2 is 1.57 bits per heavy atom. The highest BCUT2D eigenvalue weighted by Crippen LogP contribution is 2.35. The fourth-order valence-corrected chi connectivity index (χ4v) is 5.03. The smallest absolute Gasteiger partial charge is 0.262 e. The summed E-state index contributed by atoms with van der Waals surface area (Å²) in [5, 5.41) is 14.8. The Hall–Kier alpha value is -4.35. The zero-order valence-electron chi connectivity index (χ0n) is 23.2. The second-order valence-corrected chi connectivity index (χ2v) is 10.7. The average Bonchev–Trinajstić information content (AvgIpc) is 3.22. The van der Waals surface area contributed by atoms with Gasteiger partial charge in [0.15, 0.2) is 11.5 Å². The van der Waals surface area contributed by atoms with Crippen LogP contribution in [0.3, 0.4) is 0 Å². The zero-order chi connectivity index (χ0) is 29.4. The fraction of sp³-hybridized carbons (Fsp3) is 0.241. The Bertz CT molecular complexity index is 1560. The number of ether oxygens (including phenoxy) is 2. The Labute approximate surface area is 234 Å². The lowest BCUT2D eigenvalue weighted by Gasteiger charge is -2.10. The van der Waals surface area contributed by atoms with Gasteiger partial charge in [0.1, 0.15) is 6.09 Å². The Balaban J connectivity index is 0.000000267. The molecule has 0 spiro atoms. The van der Waals surface area contributed by atoms with Gasteiger partial charge in [0.2, 0.25) is 0 Å². The molecule has 0 aliphatic rings. The van der Waals surface area contributed by atoms with Crippen LogP contribution in [0.1, 0.15) is 22.5 Å². The number of hydrogen-bond donors (Lipinski definition) is 2. The minimum Gasteiger partial charge on any atom is -0.529 e. The van der Waals surface area contributed by atoms with E-state index in [4.69, 9.17) is 14.6 Å². The summed E-state index contributed by atoms with van der Waals surface area (Å²) in [6.45, 7) is 6.83. The van der Waals surface area contributed by atoms with E-state index in [1.165, 1.54) is 22.4 Å². The van der Waals surface area contributed by atoms with Crippen molar-refractivity contribution in [2.24, 2.45) is 0 Å². The molecule has 0 fully saturated rings. The first-order valence-corrected chi connectivity index (χ1v) is 14.0. The number of sulfonamides is 1. The van der Waals surface area contributed by atoms with E-state index in [2.05, 4.69) is 36.9 Å². The molecule has 3 aromatic carbocycles. The number of nitrogens with one attached hydrogen (secondary N) is 1. The third kappa shape index (κ3) is 7.19. The van der Waals surface area contributed by atoms with Crippen LogP contribution in [-0.4, -0.2) is 45.1 Å². The van der Waals surface area contributed by atoms with Gasteiger partial charge >= 0.3 is 0 Å². The average molecular weight is 567 g/mol. The van der Waals surface area contributed by atoms with Crippen molar-refractivity contribution in [1.29, 1.82) is 0 Å². The van der Waals surface area contributed by atoms with Gasteiger partial charge in [0.25, 0.3) is 10.0 Å². The molecule has 4 rings (SSSR count). The highest BCUT2D eigenvalue weighted by atomic mass is 32.2. The molecule has 0 bridgehead atoms. The lowest BCUT2D eigenvalue weighted by molar-refractivity contribution is -0.366. The van der Waals surface area contributed by atoms with Crippen molar-refractivity contribution in [3.05, 3.63) is 89.2 Å². The van der Waals surface area contributed by atoms with Crippen LogP contribution in [0.2, 0.25) is 0 Å². The van der Waals surface area contributed by atoms with E-state index in [1.54, 1.807) is 33.3 Å². The molecule has 1 heterocycles. The first kappa shape index (κ1) is 30.2. The second-order valence-electron chi connectivity index (χ2n) is 9.00. The summed E-state index contributed by atoms with van der Waals surface area (Å²) in [7, 11) is -0.694. The number of nitrogens with zero attached hydrogens (tertiary/aromatic N) is 2. The summed E-state index contributed by atoms with van der Waals surface area (Å²) in [6, 6.07) is 20.3. The molecule has 0 aliphatic heterocycles. The molecule has 1 amide bonds. The maximum absolute atomic E-state index is 11.2. The van der Waals surface area contributed by atoms with Crippen LogP contribution in [0, 0.1) is 20.8 Å². The van der Waals surface area contributed by atoms with Gasteiger partial charge in [-0.05, 0) is 68.3 Å². The molecular weight excluding hydrogens is 532 g/mol. The number of quaternary nitrogens is 1. The predicted molar refractivity (Wildman–Crippen MR) is 150 cm³/mol. The van der Waals surface area contributed by atoms with E-state index in [0.717, 1.165) is 52.5 Å². The second kappa shape index (κ2) is 13.1. The molecule has 212 valence electrons. The summed E-state index contributed by atoms with van der Waals surface area (Å²) in [5.41, 5.74) is 11.4. The van der Waals surface area contributed by atoms with Crippen LogP contribution in [-0.2, 0) is 16.4 Å². The lowest BCUT2D eigenvalue weighted by atomic mass is 10.0. The molecule has 4 N–H and O–H groups in total. The number of amides is 1. The van der Waals surface area contributed by atoms with Gasteiger partial charge in [0.05, 0.1) is 37.0 Å². The number of benzene rings is 3. The summed E-state index contributed by atoms with van der Waals surface area (Å²) in [5.74, 6) is 1.44. The van der Waals surface area contributed by atoms with E-state index >= 15 is 0 Å². The Kier molecular flexibility index (Phi) is 9.92. The molecule has 0 unspecified atom stereocenters. The molecule has 0 aliphatic carbocycles. The van der Waals surface area contributed by atoms with E-state index in [9.17, 15) is 18.3 Å². The van der Waals surface area contributed by atoms with Crippen molar-refractivity contribution in [2.45, 2.75) is 32.1 Å². The number of carbonyl (C=O) groups excluding carboxylic acids is 1. The quantitative estimate of drug-likeness (QED) is 0.333. The minimum absolute atomic E-state index is 0.104. The molecule has 10 nitrogen and oxygen atoms in total. The molecule has 0 saturated heterocycles. The number of aryl methyl sites for hydroxylation is 2. The summed E-state index contributed by atoms with van der Waals surface area (Å²) < 4.78 is 36.6. The van der Waals surface area contributed by atoms with E-state index in [1.807, 2.05) is 29.8 Å². The van der Waals surface area contributed by atoms with Gasteiger partial charge in [0, 0.05) is 17.7 Å². The summed E-state index contributed by atoms with van der Waals surface area (Å²) in [6.07, 6.45) is -0.848. The third-order valence-electron chi connectivity index (χ3n) is 6.16. The van der Waals surface area contributed by atoms with Gasteiger partial charge in [-0.15, -0.1) is 0 Å². The number of methoxy groups -OCH3 is 2. The first-order chi connectivity index (χ1) is 19.0. The van der Waals surface area contributed by atoms with Crippen molar-refractivity contribution in [1.82, 2.24) is 14.5 Å². The highest BCUT2D eigenvalue weighted by Gasteiger charge is 2.17. The predicted octanol–water partition coefficient (Wildman–Crippen LogP) is 2.57. The van der Waals surface area contributed by atoms with Gasteiger partial charge in [-0.3, -0.25) is 4.72 Å². The van der Waals surface area contributed by atoms with Crippen molar-refractivity contribution in [3.63, 3.8) is 0 Å². The monoisotopic (exact) mass is 566 g/mol. The number of aromatic nitrogens is 2. The molecule has 40 heavy (non-hydrogen) atoms. The van der Waals surface area contributed by atoms with E-state index < -0.39 is 16.1 Å². The zero-order valence-corrected chi connectivity index (χ0v) is 24.0. The normalized spacial score (nSPS) is 10.8. The van der Waals surface area contributed by atoms with Crippen molar-refractivity contribution in [2.75, 3.05) is 20.8 Å². The number of hydrogen-bond acceptors (Lipinski definition) is 7. The van der Waals surface area contributed by atoms with Crippen molar-refractivity contribution in [3.8, 4) is 28.3 Å². The molecular formula is C29H34N4O6S. The topological polar surface area (TPSA) is 150 Å². The number of rotatable bonds is 8. The van der Waals surface area contributed by atoms with Crippen molar-refractivity contribution < 1.29 is 33.5 Å². The van der Waals surface area contributed by atoms with Crippen LogP contribution >= 0.6 is 0 Å². The molecule has 11 heteroatoms. The summed E-state index contributed by atoms with van der Waals surface area (Å²) in [4.78, 5) is 9.95. The molecule has 0 radical (unpaired) electrons. The van der Waals surface area contributed by atoms with Crippen LogP contribution in [0.5, 0.6) is 11.5 Å². The number of carbonyl (C=O) groups is 1. The minimum atomic E-state index is -3.99. The molecule has 4 aromatic rings. The van der Waals surface area contributed by atoms with Crippen LogP contribution in [0.4, 0.5) is 4.79 Å². The Morgan fingerprint density at radius 1 is 0.950 bits per heavy atom. The maximum Gasteiger partial charge on any atom is 0.262 e. The molecule has 0 atom stereocenters. The van der Waals surface area contributed by atoms with Crippen LogP contribution in [0.15, 0.2) is 71.6 Å². The number of carboxylic acid groups (broad SMARTS) is 1. The largest absolute Gasteiger partial charge is 0.529 e. The fourth-order valence-electron chi connectivity index (χ4n) is 4.20. The third-order valence-corrected chi connectivity index (χ3v) is 7.49. The Morgan fingerprint density at radius 3 is 2.12 bits per heavy atom. The lowest BCUT2D eigenvalue weighted by Crippen LogP contribution is -2.51. The van der Waals surface area contributed by atoms with Crippen LogP contribution in [0.25, 0.3) is 16.8 Å². The maximum atomic E-state index is 11.2. The van der Waals surface area contributed by atoms with Gasteiger partial charge in [-0.1, -0.05) is 35.9 Å².